The number of sulfonamides is 1. The van der Waals surface area contributed by atoms with E-state index in [9.17, 15) is 8.42 Å². The van der Waals surface area contributed by atoms with Gasteiger partial charge in [0.15, 0.2) is 0 Å². The maximum absolute atomic E-state index is 12.7. The number of rotatable bonds is 5. The summed E-state index contributed by atoms with van der Waals surface area (Å²) in [5, 5.41) is 3.42. The molecule has 1 aliphatic rings. The Kier molecular flexibility index (Phi) is 7.23. The molecule has 1 fully saturated rings. The summed E-state index contributed by atoms with van der Waals surface area (Å²) in [6.45, 7) is 1.78. The Morgan fingerprint density at radius 3 is 2.64 bits per heavy atom. The topological polar surface area (TPSA) is 58.6 Å². The molecule has 0 saturated carbocycles. The number of halogens is 3. The molecule has 126 valence electrons. The molecule has 1 saturated heterocycles. The summed E-state index contributed by atoms with van der Waals surface area (Å²) in [6, 6.07) is 2.78. The lowest BCUT2D eigenvalue weighted by Gasteiger charge is -2.18. The van der Waals surface area contributed by atoms with Crippen LogP contribution in [0.15, 0.2) is 17.0 Å². The van der Waals surface area contributed by atoms with Crippen molar-refractivity contribution in [2.75, 3.05) is 33.8 Å². The molecular formula is C13H19Cl3N2O3S. The number of benzene rings is 1. The molecule has 0 radical (unpaired) electrons. The molecule has 1 N–H and O–H groups in total. The summed E-state index contributed by atoms with van der Waals surface area (Å²) in [5.74, 6) is 0.673. The predicted molar refractivity (Wildman–Crippen MR) is 91.1 cm³/mol. The molecule has 5 nitrogen and oxygen atoms in total. The standard InChI is InChI=1S/C13H18Cl2N2O3S.ClH/c1-16-7-9-3-4-17(8-9)21(18,19)13-6-10(14)12(20-2)5-11(13)15;/h5-6,9,16H,3-4,7-8H2,1-2H3;1H. The zero-order chi connectivity index (χ0) is 15.6. The second kappa shape index (κ2) is 8.04. The number of ether oxygens (including phenoxy) is 1. The van der Waals surface area contributed by atoms with Gasteiger partial charge in [0.2, 0.25) is 10.0 Å². The molecule has 1 aliphatic heterocycles. The molecule has 1 atom stereocenters. The fourth-order valence-electron chi connectivity index (χ4n) is 2.47. The Morgan fingerprint density at radius 2 is 2.05 bits per heavy atom. The summed E-state index contributed by atoms with van der Waals surface area (Å²) < 4.78 is 31.8. The average Bonchev–Trinajstić information content (AvgIpc) is 2.90. The SMILES string of the molecule is CNCC1CCN(S(=O)(=O)c2cc(Cl)c(OC)cc2Cl)C1.Cl. The molecular weight excluding hydrogens is 371 g/mol. The van der Waals surface area contributed by atoms with Crippen molar-refractivity contribution in [3.63, 3.8) is 0 Å². The maximum atomic E-state index is 12.7. The van der Waals surface area contributed by atoms with E-state index in [1.54, 1.807) is 0 Å². The number of hydrogen-bond donors (Lipinski definition) is 1. The highest BCUT2D eigenvalue weighted by Crippen LogP contribution is 2.35. The number of hydrogen-bond acceptors (Lipinski definition) is 4. The number of nitrogens with one attached hydrogen (secondary N) is 1. The quantitative estimate of drug-likeness (QED) is 0.841. The van der Waals surface area contributed by atoms with Crippen LogP contribution in [0.25, 0.3) is 0 Å². The van der Waals surface area contributed by atoms with E-state index in [-0.39, 0.29) is 27.3 Å². The Morgan fingerprint density at radius 1 is 1.36 bits per heavy atom. The first-order valence-corrected chi connectivity index (χ1v) is 8.77. The first kappa shape index (κ1) is 19.8. The third-order valence-corrected chi connectivity index (χ3v) is 6.19. The summed E-state index contributed by atoms with van der Waals surface area (Å²) in [5.41, 5.74) is 0. The molecule has 1 heterocycles. The smallest absolute Gasteiger partial charge is 0.244 e. The summed E-state index contributed by atoms with van der Waals surface area (Å²) in [4.78, 5) is 0.0278. The van der Waals surface area contributed by atoms with Gasteiger partial charge in [-0.2, -0.15) is 4.31 Å². The van der Waals surface area contributed by atoms with Crippen molar-refractivity contribution in [2.45, 2.75) is 11.3 Å². The monoisotopic (exact) mass is 388 g/mol. The highest BCUT2D eigenvalue weighted by molar-refractivity contribution is 7.89. The summed E-state index contributed by atoms with van der Waals surface area (Å²) in [6.07, 6.45) is 0.835. The van der Waals surface area contributed by atoms with Gasteiger partial charge in [-0.3, -0.25) is 0 Å². The van der Waals surface area contributed by atoms with E-state index in [0.29, 0.717) is 24.8 Å². The van der Waals surface area contributed by atoms with Gasteiger partial charge in [0.25, 0.3) is 0 Å². The lowest BCUT2D eigenvalue weighted by molar-refractivity contribution is 0.414. The number of nitrogens with zero attached hydrogens (tertiary/aromatic N) is 1. The minimum Gasteiger partial charge on any atom is -0.495 e. The maximum Gasteiger partial charge on any atom is 0.244 e. The Labute approximate surface area is 147 Å². The van der Waals surface area contributed by atoms with Crippen LogP contribution in [0.1, 0.15) is 6.42 Å². The van der Waals surface area contributed by atoms with Crippen LogP contribution in [-0.2, 0) is 10.0 Å². The van der Waals surface area contributed by atoms with Gasteiger partial charge in [-0.15, -0.1) is 12.4 Å². The van der Waals surface area contributed by atoms with Gasteiger partial charge >= 0.3 is 0 Å². The van der Waals surface area contributed by atoms with E-state index >= 15 is 0 Å². The second-order valence-corrected chi connectivity index (χ2v) is 7.71. The molecule has 1 aromatic rings. The molecule has 0 bridgehead atoms. The van der Waals surface area contributed by atoms with Crippen molar-refractivity contribution < 1.29 is 13.2 Å². The van der Waals surface area contributed by atoms with E-state index in [0.717, 1.165) is 13.0 Å². The van der Waals surface area contributed by atoms with Gasteiger partial charge in [0, 0.05) is 19.2 Å². The second-order valence-electron chi connectivity index (χ2n) is 4.99. The third kappa shape index (κ3) is 3.99. The fraction of sp³-hybridized carbons (Fsp3) is 0.538. The van der Waals surface area contributed by atoms with Gasteiger partial charge in [-0.25, -0.2) is 8.42 Å². The first-order chi connectivity index (χ1) is 9.90. The lowest BCUT2D eigenvalue weighted by Crippen LogP contribution is -2.30. The zero-order valence-corrected chi connectivity index (χ0v) is 15.4. The van der Waals surface area contributed by atoms with Gasteiger partial charge in [0.05, 0.1) is 17.2 Å². The molecule has 0 aliphatic carbocycles. The largest absolute Gasteiger partial charge is 0.495 e. The van der Waals surface area contributed by atoms with Crippen LogP contribution in [0.2, 0.25) is 10.0 Å². The van der Waals surface area contributed by atoms with Crippen LogP contribution in [0.3, 0.4) is 0 Å². The molecule has 1 aromatic carbocycles. The number of methoxy groups -OCH3 is 1. The zero-order valence-electron chi connectivity index (χ0n) is 12.3. The molecule has 0 spiro atoms. The third-order valence-electron chi connectivity index (χ3n) is 3.57. The molecule has 0 aromatic heterocycles. The minimum atomic E-state index is -3.63. The van der Waals surface area contributed by atoms with Crippen LogP contribution in [-0.4, -0.2) is 46.5 Å². The van der Waals surface area contributed by atoms with Gasteiger partial charge in [0.1, 0.15) is 10.6 Å². The van der Waals surface area contributed by atoms with Crippen molar-refractivity contribution in [2.24, 2.45) is 5.92 Å². The molecule has 2 rings (SSSR count). The highest BCUT2D eigenvalue weighted by Gasteiger charge is 2.34. The van der Waals surface area contributed by atoms with Crippen LogP contribution in [0, 0.1) is 5.92 Å². The van der Waals surface area contributed by atoms with E-state index in [2.05, 4.69) is 5.32 Å². The molecule has 22 heavy (non-hydrogen) atoms. The van der Waals surface area contributed by atoms with Crippen molar-refractivity contribution in [3.05, 3.63) is 22.2 Å². The normalized spacial score (nSPS) is 19.0. The van der Waals surface area contributed by atoms with E-state index in [1.165, 1.54) is 23.5 Å². The fourth-order valence-corrected chi connectivity index (χ4v) is 4.83. The van der Waals surface area contributed by atoms with Crippen LogP contribution >= 0.6 is 35.6 Å². The molecule has 1 unspecified atom stereocenters. The Balaban J connectivity index is 0.00000242. The highest BCUT2D eigenvalue weighted by atomic mass is 35.5. The van der Waals surface area contributed by atoms with Crippen molar-refractivity contribution >= 4 is 45.6 Å². The summed E-state index contributed by atoms with van der Waals surface area (Å²) >= 11 is 12.1. The van der Waals surface area contributed by atoms with Crippen molar-refractivity contribution in [3.8, 4) is 5.75 Å². The minimum absolute atomic E-state index is 0. The van der Waals surface area contributed by atoms with Crippen molar-refractivity contribution in [1.29, 1.82) is 0 Å². The summed E-state index contributed by atoms with van der Waals surface area (Å²) in [7, 11) is -0.323. The van der Waals surface area contributed by atoms with Gasteiger partial charge in [-0.05, 0) is 32.0 Å². The Hall–Kier alpha value is -0.240. The Bertz CT molecular complexity index is 625. The first-order valence-electron chi connectivity index (χ1n) is 6.58. The van der Waals surface area contributed by atoms with E-state index in [4.69, 9.17) is 27.9 Å². The van der Waals surface area contributed by atoms with Gasteiger partial charge in [-0.1, -0.05) is 23.2 Å². The lowest BCUT2D eigenvalue weighted by atomic mass is 10.1. The molecule has 0 amide bonds. The van der Waals surface area contributed by atoms with Crippen molar-refractivity contribution in [1.82, 2.24) is 9.62 Å². The predicted octanol–water partition coefficient (Wildman–Crippen LogP) is 2.65. The van der Waals surface area contributed by atoms with Crippen LogP contribution in [0.4, 0.5) is 0 Å². The van der Waals surface area contributed by atoms with Crippen LogP contribution in [0.5, 0.6) is 5.75 Å². The van der Waals surface area contributed by atoms with E-state index < -0.39 is 10.0 Å². The van der Waals surface area contributed by atoms with E-state index in [1.807, 2.05) is 7.05 Å². The molecule has 9 heteroatoms. The van der Waals surface area contributed by atoms with Gasteiger partial charge < -0.3 is 10.1 Å². The average molecular weight is 390 g/mol. The van der Waals surface area contributed by atoms with Crippen LogP contribution < -0.4 is 10.1 Å².